The molecule has 0 N–H and O–H groups in total. The lowest BCUT2D eigenvalue weighted by Crippen LogP contribution is -2.08. The molecule has 0 saturated carbocycles. The van der Waals surface area contributed by atoms with Crippen molar-refractivity contribution >= 4 is 15.6 Å². The highest BCUT2D eigenvalue weighted by molar-refractivity contribution is 7.91. The molecule has 0 aliphatic carbocycles. The molecule has 0 aliphatic heterocycles. The number of carbonyl (C=O) groups excluding carboxylic acids is 1. The fourth-order valence-corrected chi connectivity index (χ4v) is 1.77. The summed E-state index contributed by atoms with van der Waals surface area (Å²) in [6.45, 7) is 3.16. The van der Waals surface area contributed by atoms with Gasteiger partial charge in [0.25, 0.3) is 0 Å². The van der Waals surface area contributed by atoms with Crippen LogP contribution >= 0.6 is 0 Å². The van der Waals surface area contributed by atoms with E-state index in [1.165, 1.54) is 6.92 Å². The van der Waals surface area contributed by atoms with Gasteiger partial charge in [-0.05, 0) is 19.8 Å². The number of rotatable bonds is 6. The van der Waals surface area contributed by atoms with E-state index < -0.39 is 9.84 Å². The molecule has 0 fully saturated rings. The molecule has 0 spiro atoms. The smallest absolute Gasteiger partial charge is 0.150 e. The summed E-state index contributed by atoms with van der Waals surface area (Å²) in [5, 5.41) is 0. The monoisotopic (exact) mass is 192 g/mol. The third kappa shape index (κ3) is 6.34. The molecule has 4 heteroatoms. The van der Waals surface area contributed by atoms with Crippen molar-refractivity contribution in [3.8, 4) is 0 Å². The summed E-state index contributed by atoms with van der Waals surface area (Å²) < 4.78 is 21.9. The van der Waals surface area contributed by atoms with Gasteiger partial charge in [0.15, 0.2) is 0 Å². The average Bonchev–Trinajstić information content (AvgIpc) is 1.98. The normalized spacial score (nSPS) is 11.5. The molecule has 12 heavy (non-hydrogen) atoms. The van der Waals surface area contributed by atoms with Gasteiger partial charge >= 0.3 is 0 Å². The first-order valence-corrected chi connectivity index (χ1v) is 6.00. The van der Waals surface area contributed by atoms with Crippen molar-refractivity contribution in [1.29, 1.82) is 0 Å². The molecule has 0 aromatic heterocycles. The van der Waals surface area contributed by atoms with Crippen LogP contribution in [0.15, 0.2) is 0 Å². The van der Waals surface area contributed by atoms with E-state index in [-0.39, 0.29) is 17.3 Å². The first-order valence-electron chi connectivity index (χ1n) is 4.18. The minimum atomic E-state index is -2.83. The SMILES string of the molecule is CCS(=O)(=O)CCCCC(C)=O. The summed E-state index contributed by atoms with van der Waals surface area (Å²) >= 11 is 0. The summed E-state index contributed by atoms with van der Waals surface area (Å²) in [5.41, 5.74) is 0. The molecule has 0 aromatic carbocycles. The highest BCUT2D eigenvalue weighted by Gasteiger charge is 2.06. The van der Waals surface area contributed by atoms with Crippen molar-refractivity contribution in [3.05, 3.63) is 0 Å². The maximum Gasteiger partial charge on any atom is 0.150 e. The summed E-state index contributed by atoms with van der Waals surface area (Å²) in [6, 6.07) is 0. The van der Waals surface area contributed by atoms with Crippen LogP contribution in [0, 0.1) is 0 Å². The first kappa shape index (κ1) is 11.6. The Bertz CT molecular complexity index is 229. The number of sulfone groups is 1. The Kier molecular flexibility index (Phi) is 5.13. The number of ketones is 1. The van der Waals surface area contributed by atoms with E-state index in [2.05, 4.69) is 0 Å². The first-order chi connectivity index (χ1) is 5.48. The Balaban J connectivity index is 3.51. The van der Waals surface area contributed by atoms with Crippen molar-refractivity contribution in [1.82, 2.24) is 0 Å². The third-order valence-electron chi connectivity index (χ3n) is 1.67. The Morgan fingerprint density at radius 1 is 1.25 bits per heavy atom. The molecule has 0 saturated heterocycles. The maximum atomic E-state index is 11.0. The molecule has 3 nitrogen and oxygen atoms in total. The van der Waals surface area contributed by atoms with Crippen LogP contribution in [0.3, 0.4) is 0 Å². The predicted molar refractivity (Wildman–Crippen MR) is 48.9 cm³/mol. The second-order valence-corrected chi connectivity index (χ2v) is 5.37. The lowest BCUT2D eigenvalue weighted by atomic mass is 10.2. The molecule has 0 rings (SSSR count). The highest BCUT2D eigenvalue weighted by atomic mass is 32.2. The van der Waals surface area contributed by atoms with Gasteiger partial charge in [-0.1, -0.05) is 6.92 Å². The van der Waals surface area contributed by atoms with Gasteiger partial charge in [0.1, 0.15) is 15.6 Å². The molecule has 0 unspecified atom stereocenters. The number of Topliss-reactive ketones (excluding diaryl/α,β-unsaturated/α-hetero) is 1. The van der Waals surface area contributed by atoms with Crippen molar-refractivity contribution in [2.24, 2.45) is 0 Å². The third-order valence-corrected chi connectivity index (χ3v) is 3.46. The summed E-state index contributed by atoms with van der Waals surface area (Å²) in [4.78, 5) is 10.5. The van der Waals surface area contributed by atoms with Crippen LogP contribution in [0.5, 0.6) is 0 Å². The topological polar surface area (TPSA) is 51.2 Å². The molecule has 0 aromatic rings. The van der Waals surface area contributed by atoms with Crippen molar-refractivity contribution in [2.75, 3.05) is 11.5 Å². The zero-order valence-corrected chi connectivity index (χ0v) is 8.49. The highest BCUT2D eigenvalue weighted by Crippen LogP contribution is 2.00. The van der Waals surface area contributed by atoms with Crippen molar-refractivity contribution < 1.29 is 13.2 Å². The molecule has 0 aliphatic rings. The Labute approximate surface area is 74.1 Å². The minimum Gasteiger partial charge on any atom is -0.300 e. The molecular formula is C8H16O3S. The van der Waals surface area contributed by atoms with Crippen LogP contribution in [0.2, 0.25) is 0 Å². The lowest BCUT2D eigenvalue weighted by molar-refractivity contribution is -0.117. The molecule has 0 heterocycles. The van der Waals surface area contributed by atoms with Crippen molar-refractivity contribution in [3.63, 3.8) is 0 Å². The number of carbonyl (C=O) groups is 1. The van der Waals surface area contributed by atoms with E-state index in [9.17, 15) is 13.2 Å². The second kappa shape index (κ2) is 5.30. The van der Waals surface area contributed by atoms with Crippen LogP contribution in [0.1, 0.15) is 33.1 Å². The fourth-order valence-electron chi connectivity index (χ4n) is 0.840. The Morgan fingerprint density at radius 2 is 1.83 bits per heavy atom. The van der Waals surface area contributed by atoms with Crippen LogP contribution in [-0.2, 0) is 14.6 Å². The van der Waals surface area contributed by atoms with Gasteiger partial charge in [0.2, 0.25) is 0 Å². The van der Waals surface area contributed by atoms with Gasteiger partial charge in [-0.3, -0.25) is 0 Å². The molecular weight excluding hydrogens is 176 g/mol. The van der Waals surface area contributed by atoms with Crippen LogP contribution in [0.4, 0.5) is 0 Å². The minimum absolute atomic E-state index is 0.129. The van der Waals surface area contributed by atoms with Gasteiger partial charge in [-0.2, -0.15) is 0 Å². The van der Waals surface area contributed by atoms with E-state index >= 15 is 0 Å². The second-order valence-electron chi connectivity index (χ2n) is 2.90. The summed E-state index contributed by atoms with van der Waals surface area (Å²) in [7, 11) is -2.83. The van der Waals surface area contributed by atoms with Gasteiger partial charge in [-0.15, -0.1) is 0 Å². The van der Waals surface area contributed by atoms with Gasteiger partial charge < -0.3 is 4.79 Å². The zero-order chi connectivity index (χ0) is 9.61. The Morgan fingerprint density at radius 3 is 2.25 bits per heavy atom. The molecule has 0 atom stereocenters. The quantitative estimate of drug-likeness (QED) is 0.594. The van der Waals surface area contributed by atoms with E-state index in [1.807, 2.05) is 0 Å². The molecule has 0 amide bonds. The Hall–Kier alpha value is -0.380. The summed E-state index contributed by atoms with van der Waals surface area (Å²) in [6.07, 6.45) is 1.80. The van der Waals surface area contributed by atoms with Gasteiger partial charge in [0.05, 0.1) is 5.75 Å². The van der Waals surface area contributed by atoms with Crippen molar-refractivity contribution in [2.45, 2.75) is 33.1 Å². The van der Waals surface area contributed by atoms with Crippen LogP contribution < -0.4 is 0 Å². The van der Waals surface area contributed by atoms with Gasteiger partial charge in [-0.25, -0.2) is 8.42 Å². The molecule has 72 valence electrons. The fraction of sp³-hybridized carbons (Fsp3) is 0.875. The van der Waals surface area contributed by atoms with E-state index in [0.717, 1.165) is 0 Å². The van der Waals surface area contributed by atoms with E-state index in [4.69, 9.17) is 0 Å². The number of hydrogen-bond donors (Lipinski definition) is 0. The van der Waals surface area contributed by atoms with E-state index in [0.29, 0.717) is 19.3 Å². The predicted octanol–water partition coefficient (Wildman–Crippen LogP) is 1.18. The largest absolute Gasteiger partial charge is 0.300 e. The number of unbranched alkanes of at least 4 members (excludes halogenated alkanes) is 1. The average molecular weight is 192 g/mol. The summed E-state index contributed by atoms with van der Waals surface area (Å²) in [5.74, 6) is 0.549. The standard InChI is InChI=1S/C8H16O3S/c1-3-12(10,11)7-5-4-6-8(2)9/h3-7H2,1-2H3. The van der Waals surface area contributed by atoms with E-state index in [1.54, 1.807) is 6.92 Å². The number of hydrogen-bond acceptors (Lipinski definition) is 3. The lowest BCUT2D eigenvalue weighted by Gasteiger charge is -1.99. The van der Waals surface area contributed by atoms with Gasteiger partial charge in [0, 0.05) is 12.2 Å². The van der Waals surface area contributed by atoms with Crippen LogP contribution in [0.25, 0.3) is 0 Å². The molecule has 0 bridgehead atoms. The van der Waals surface area contributed by atoms with Crippen LogP contribution in [-0.4, -0.2) is 25.7 Å². The zero-order valence-electron chi connectivity index (χ0n) is 7.67. The molecule has 0 radical (unpaired) electrons. The maximum absolute atomic E-state index is 11.0.